The van der Waals surface area contributed by atoms with E-state index in [2.05, 4.69) is 45.1 Å². The summed E-state index contributed by atoms with van der Waals surface area (Å²) in [4.78, 5) is 38.1. The molecule has 0 rings (SSSR count). The molecule has 0 amide bonds. The molecule has 0 aliphatic heterocycles. The van der Waals surface area contributed by atoms with E-state index in [0.717, 1.165) is 64.2 Å². The van der Waals surface area contributed by atoms with Gasteiger partial charge in [-0.1, -0.05) is 251 Å². The van der Waals surface area contributed by atoms with E-state index in [1.165, 1.54) is 212 Å². The first-order chi connectivity index (χ1) is 32.0. The van der Waals surface area contributed by atoms with Crippen molar-refractivity contribution < 1.29 is 28.6 Å². The van der Waals surface area contributed by atoms with Crippen LogP contribution in [0.3, 0.4) is 0 Å². The van der Waals surface area contributed by atoms with Gasteiger partial charge in [-0.2, -0.15) is 0 Å². The lowest BCUT2D eigenvalue weighted by molar-refractivity contribution is -0.167. The Morgan fingerprint density at radius 3 is 0.769 bits per heavy atom. The Morgan fingerprint density at radius 1 is 0.292 bits per heavy atom. The lowest BCUT2D eigenvalue weighted by Crippen LogP contribution is -2.30. The molecular formula is C59H110O6. The molecule has 6 heteroatoms. The standard InChI is InChI=1S/C59H110O6/c1-4-7-10-13-16-19-22-25-27-29-30-31-33-34-37-40-43-46-49-52-58(61)64-55-56(54-63-57(60)51-48-45-42-39-36-24-21-18-15-12-9-6-3)65-59(62)53-50-47-44-41-38-35-32-28-26-23-20-17-14-11-8-5-2/h28-30,32,56H,4-27,31,33-55H2,1-3H3/b30-29-,32-28-/t56-/m1/s1. The molecule has 0 radical (unpaired) electrons. The number of rotatable bonds is 53. The SMILES string of the molecule is CCCCCCCCC/C=C\CCCCCCCC(=O)O[C@@H](COC(=O)CCCCCCCCC/C=C\CCCCCCCCCC)COC(=O)CCCCCCCCCCCCCC. The van der Waals surface area contributed by atoms with Crippen molar-refractivity contribution >= 4 is 17.9 Å². The molecule has 0 aromatic heterocycles. The van der Waals surface area contributed by atoms with Gasteiger partial charge in [0.05, 0.1) is 0 Å². The minimum absolute atomic E-state index is 0.0718. The zero-order chi connectivity index (χ0) is 47.2. The summed E-state index contributed by atoms with van der Waals surface area (Å²) in [5.74, 6) is -0.867. The molecule has 0 bridgehead atoms. The fourth-order valence-corrected chi connectivity index (χ4v) is 8.55. The van der Waals surface area contributed by atoms with Gasteiger partial charge in [0.25, 0.3) is 0 Å². The normalized spacial score (nSPS) is 12.1. The average molecular weight is 916 g/mol. The third-order valence-corrected chi connectivity index (χ3v) is 12.9. The number of allylic oxidation sites excluding steroid dienone is 4. The predicted molar refractivity (Wildman–Crippen MR) is 279 cm³/mol. The van der Waals surface area contributed by atoms with E-state index in [1.54, 1.807) is 0 Å². The molecule has 0 spiro atoms. The Labute approximate surface area is 404 Å². The summed E-state index contributed by atoms with van der Waals surface area (Å²) >= 11 is 0. The molecule has 0 saturated carbocycles. The zero-order valence-electron chi connectivity index (χ0n) is 43.8. The maximum absolute atomic E-state index is 12.8. The van der Waals surface area contributed by atoms with Crippen molar-refractivity contribution in [2.75, 3.05) is 13.2 Å². The van der Waals surface area contributed by atoms with Gasteiger partial charge in [-0.15, -0.1) is 0 Å². The lowest BCUT2D eigenvalue weighted by atomic mass is 10.0. The first kappa shape index (κ1) is 62.9. The highest BCUT2D eigenvalue weighted by atomic mass is 16.6. The van der Waals surface area contributed by atoms with Gasteiger partial charge in [-0.3, -0.25) is 14.4 Å². The first-order valence-corrected chi connectivity index (χ1v) is 28.8. The zero-order valence-corrected chi connectivity index (χ0v) is 43.8. The summed E-state index contributed by atoms with van der Waals surface area (Å²) in [6.45, 7) is 6.66. The van der Waals surface area contributed by atoms with E-state index in [9.17, 15) is 14.4 Å². The topological polar surface area (TPSA) is 78.9 Å². The van der Waals surface area contributed by atoms with Crippen molar-refractivity contribution in [1.29, 1.82) is 0 Å². The Hall–Kier alpha value is -2.11. The van der Waals surface area contributed by atoms with E-state index in [0.29, 0.717) is 19.3 Å². The molecule has 0 unspecified atom stereocenters. The molecule has 0 aliphatic rings. The molecule has 65 heavy (non-hydrogen) atoms. The minimum Gasteiger partial charge on any atom is -0.462 e. The second-order valence-corrected chi connectivity index (χ2v) is 19.6. The van der Waals surface area contributed by atoms with Crippen molar-refractivity contribution in [3.8, 4) is 0 Å². The molecule has 0 N–H and O–H groups in total. The maximum atomic E-state index is 12.8. The second kappa shape index (κ2) is 54.5. The van der Waals surface area contributed by atoms with Crippen molar-refractivity contribution in [3.05, 3.63) is 24.3 Å². The van der Waals surface area contributed by atoms with Crippen LogP contribution in [0.2, 0.25) is 0 Å². The van der Waals surface area contributed by atoms with Gasteiger partial charge in [0, 0.05) is 19.3 Å². The summed E-state index contributed by atoms with van der Waals surface area (Å²) in [6, 6.07) is 0. The predicted octanol–water partition coefficient (Wildman–Crippen LogP) is 19.1. The molecule has 0 aromatic carbocycles. The molecule has 0 aliphatic carbocycles. The average Bonchev–Trinajstić information content (AvgIpc) is 3.30. The number of unbranched alkanes of at least 4 members (excludes halogenated alkanes) is 38. The van der Waals surface area contributed by atoms with Gasteiger partial charge < -0.3 is 14.2 Å². The molecular weight excluding hydrogens is 805 g/mol. The van der Waals surface area contributed by atoms with E-state index in [4.69, 9.17) is 14.2 Å². The molecule has 1 atom stereocenters. The van der Waals surface area contributed by atoms with Gasteiger partial charge in [0.1, 0.15) is 13.2 Å². The first-order valence-electron chi connectivity index (χ1n) is 28.8. The van der Waals surface area contributed by atoms with E-state index in [1.807, 2.05) is 0 Å². The van der Waals surface area contributed by atoms with E-state index >= 15 is 0 Å². The van der Waals surface area contributed by atoms with Gasteiger partial charge in [-0.05, 0) is 70.6 Å². The largest absolute Gasteiger partial charge is 0.462 e. The van der Waals surface area contributed by atoms with Crippen LogP contribution in [0.4, 0.5) is 0 Å². The van der Waals surface area contributed by atoms with Crippen LogP contribution in [0.1, 0.15) is 316 Å². The molecule has 0 saturated heterocycles. The number of carbonyl (C=O) groups is 3. The molecule has 0 fully saturated rings. The van der Waals surface area contributed by atoms with Crippen LogP contribution in [-0.4, -0.2) is 37.2 Å². The fraction of sp³-hybridized carbons (Fsp3) is 0.881. The quantitative estimate of drug-likeness (QED) is 0.0262. The van der Waals surface area contributed by atoms with Crippen LogP contribution in [0, 0.1) is 0 Å². The lowest BCUT2D eigenvalue weighted by Gasteiger charge is -2.18. The third kappa shape index (κ3) is 52.7. The van der Waals surface area contributed by atoms with Crippen LogP contribution in [0.5, 0.6) is 0 Å². The number of hydrogen-bond donors (Lipinski definition) is 0. The maximum Gasteiger partial charge on any atom is 0.306 e. The summed E-state index contributed by atoms with van der Waals surface area (Å²) in [6.07, 6.45) is 63.1. The van der Waals surface area contributed by atoms with Crippen LogP contribution in [-0.2, 0) is 28.6 Å². The smallest absolute Gasteiger partial charge is 0.306 e. The van der Waals surface area contributed by atoms with Crippen LogP contribution in [0.15, 0.2) is 24.3 Å². The second-order valence-electron chi connectivity index (χ2n) is 19.6. The molecule has 0 heterocycles. The fourth-order valence-electron chi connectivity index (χ4n) is 8.55. The molecule has 382 valence electrons. The highest BCUT2D eigenvalue weighted by Crippen LogP contribution is 2.16. The van der Waals surface area contributed by atoms with Gasteiger partial charge in [0.2, 0.25) is 0 Å². The van der Waals surface area contributed by atoms with Crippen LogP contribution < -0.4 is 0 Å². The highest BCUT2D eigenvalue weighted by Gasteiger charge is 2.19. The van der Waals surface area contributed by atoms with Crippen LogP contribution >= 0.6 is 0 Å². The van der Waals surface area contributed by atoms with Crippen LogP contribution in [0.25, 0.3) is 0 Å². The summed E-state index contributed by atoms with van der Waals surface area (Å²) in [5, 5.41) is 0. The van der Waals surface area contributed by atoms with Crippen molar-refractivity contribution in [1.82, 2.24) is 0 Å². The summed E-state index contributed by atoms with van der Waals surface area (Å²) in [5.41, 5.74) is 0. The van der Waals surface area contributed by atoms with E-state index in [-0.39, 0.29) is 31.1 Å². The van der Waals surface area contributed by atoms with Gasteiger partial charge >= 0.3 is 17.9 Å². The number of hydrogen-bond acceptors (Lipinski definition) is 6. The Kier molecular flexibility index (Phi) is 52.7. The molecule has 0 aromatic rings. The number of ether oxygens (including phenoxy) is 3. The molecule has 6 nitrogen and oxygen atoms in total. The Morgan fingerprint density at radius 2 is 0.508 bits per heavy atom. The highest BCUT2D eigenvalue weighted by molar-refractivity contribution is 5.71. The van der Waals surface area contributed by atoms with Gasteiger partial charge in [0.15, 0.2) is 6.10 Å². The number of carbonyl (C=O) groups excluding carboxylic acids is 3. The minimum atomic E-state index is -0.773. The Bertz CT molecular complexity index is 1050. The van der Waals surface area contributed by atoms with Crippen molar-refractivity contribution in [3.63, 3.8) is 0 Å². The van der Waals surface area contributed by atoms with Gasteiger partial charge in [-0.25, -0.2) is 0 Å². The van der Waals surface area contributed by atoms with Crippen molar-refractivity contribution in [2.45, 2.75) is 322 Å². The third-order valence-electron chi connectivity index (χ3n) is 12.9. The Balaban J connectivity index is 4.32. The van der Waals surface area contributed by atoms with Crippen molar-refractivity contribution in [2.24, 2.45) is 0 Å². The number of esters is 3. The summed E-state index contributed by atoms with van der Waals surface area (Å²) in [7, 11) is 0. The monoisotopic (exact) mass is 915 g/mol. The summed E-state index contributed by atoms with van der Waals surface area (Å²) < 4.78 is 16.9. The van der Waals surface area contributed by atoms with E-state index < -0.39 is 6.10 Å².